The molecule has 1 N–H and O–H groups in total. The van der Waals surface area contributed by atoms with Gasteiger partial charge in [-0.25, -0.2) is 4.98 Å². The molecule has 1 saturated heterocycles. The van der Waals surface area contributed by atoms with E-state index in [0.717, 1.165) is 10.6 Å². The Bertz CT molecular complexity index is 856. The summed E-state index contributed by atoms with van der Waals surface area (Å²) in [4.78, 5) is 30.3. The molecule has 7 heteroatoms. The van der Waals surface area contributed by atoms with Gasteiger partial charge >= 0.3 is 0 Å². The lowest BCUT2D eigenvalue weighted by molar-refractivity contribution is -0.128. The molecule has 0 radical (unpaired) electrons. The van der Waals surface area contributed by atoms with Gasteiger partial charge in [-0.1, -0.05) is 36.4 Å². The van der Waals surface area contributed by atoms with Crippen molar-refractivity contribution in [3.63, 3.8) is 0 Å². The van der Waals surface area contributed by atoms with E-state index in [1.807, 2.05) is 30.3 Å². The molecule has 1 aliphatic heterocycles. The van der Waals surface area contributed by atoms with E-state index in [1.165, 1.54) is 22.3 Å². The molecular formula is C17H13N3O2S2. The van der Waals surface area contributed by atoms with Crippen LogP contribution in [0, 0.1) is 0 Å². The Morgan fingerprint density at radius 3 is 2.75 bits per heavy atom. The van der Waals surface area contributed by atoms with Crippen LogP contribution in [-0.4, -0.2) is 33.4 Å². The first-order valence-corrected chi connectivity index (χ1v) is 8.39. The van der Waals surface area contributed by atoms with Crippen molar-refractivity contribution in [3.05, 3.63) is 59.6 Å². The maximum atomic E-state index is 12.5. The highest BCUT2D eigenvalue weighted by Gasteiger charge is 2.32. The monoisotopic (exact) mass is 355 g/mol. The van der Waals surface area contributed by atoms with E-state index < -0.39 is 11.8 Å². The van der Waals surface area contributed by atoms with Gasteiger partial charge in [0.05, 0.1) is 5.69 Å². The lowest BCUT2D eigenvalue weighted by Crippen LogP contribution is -2.53. The number of carbonyl (C=O) groups excluding carboxylic acids is 2. The minimum Gasteiger partial charge on any atom is -0.298 e. The summed E-state index contributed by atoms with van der Waals surface area (Å²) in [5, 5.41) is 5.23. The quantitative estimate of drug-likeness (QED) is 0.396. The van der Waals surface area contributed by atoms with E-state index in [9.17, 15) is 9.59 Å². The van der Waals surface area contributed by atoms with Gasteiger partial charge in [0, 0.05) is 17.5 Å². The smallest absolute Gasteiger partial charge is 0.266 e. The predicted molar refractivity (Wildman–Crippen MR) is 98.2 cm³/mol. The fraction of sp³-hybridized carbons (Fsp3) is 0.0588. The number of nitrogens with zero attached hydrogens (tertiary/aromatic N) is 2. The summed E-state index contributed by atoms with van der Waals surface area (Å²) in [6.45, 7) is 3.83. The second-order valence-corrected chi connectivity index (χ2v) is 6.21. The molecule has 0 aliphatic carbocycles. The van der Waals surface area contributed by atoms with Gasteiger partial charge in [-0.3, -0.25) is 19.8 Å². The van der Waals surface area contributed by atoms with Gasteiger partial charge in [0.25, 0.3) is 11.8 Å². The second-order valence-electron chi connectivity index (χ2n) is 4.97. The number of benzene rings is 1. The predicted octanol–water partition coefficient (Wildman–Crippen LogP) is 2.62. The molecule has 1 fully saturated rings. The average molecular weight is 355 g/mol. The summed E-state index contributed by atoms with van der Waals surface area (Å²) in [5.41, 5.74) is 1.56. The summed E-state index contributed by atoms with van der Waals surface area (Å²) >= 11 is 6.47. The molecule has 0 spiro atoms. The van der Waals surface area contributed by atoms with E-state index in [0.29, 0.717) is 5.69 Å². The number of rotatable bonds is 4. The molecule has 120 valence electrons. The van der Waals surface area contributed by atoms with Crippen LogP contribution in [0.15, 0.2) is 53.9 Å². The highest BCUT2D eigenvalue weighted by atomic mass is 32.1. The van der Waals surface area contributed by atoms with Crippen LogP contribution in [0.25, 0.3) is 16.6 Å². The van der Waals surface area contributed by atoms with Gasteiger partial charge in [0.1, 0.15) is 10.6 Å². The number of thiazole rings is 1. The fourth-order valence-electron chi connectivity index (χ4n) is 2.20. The summed E-state index contributed by atoms with van der Waals surface area (Å²) in [5.74, 6) is -0.961. The minimum absolute atomic E-state index is 0.00959. The molecule has 2 amide bonds. The summed E-state index contributed by atoms with van der Waals surface area (Å²) in [6.07, 6.45) is 3.04. The van der Waals surface area contributed by atoms with Gasteiger partial charge < -0.3 is 0 Å². The molecule has 0 atom stereocenters. The van der Waals surface area contributed by atoms with Gasteiger partial charge in [0.2, 0.25) is 0 Å². The van der Waals surface area contributed by atoms with Crippen LogP contribution in [0.2, 0.25) is 0 Å². The first-order valence-electron chi connectivity index (χ1n) is 7.11. The molecule has 0 unspecified atom stereocenters. The maximum Gasteiger partial charge on any atom is 0.266 e. The molecule has 1 aliphatic rings. The third-order valence-corrected chi connectivity index (χ3v) is 4.56. The van der Waals surface area contributed by atoms with Crippen molar-refractivity contribution in [1.82, 2.24) is 15.2 Å². The Morgan fingerprint density at radius 2 is 2.04 bits per heavy atom. The number of aromatic nitrogens is 1. The van der Waals surface area contributed by atoms with Crippen LogP contribution in [0.3, 0.4) is 0 Å². The van der Waals surface area contributed by atoms with Crippen molar-refractivity contribution in [2.45, 2.75) is 0 Å². The third-order valence-electron chi connectivity index (χ3n) is 3.33. The van der Waals surface area contributed by atoms with Gasteiger partial charge in [-0.2, -0.15) is 0 Å². The van der Waals surface area contributed by atoms with Crippen LogP contribution in [0.5, 0.6) is 0 Å². The van der Waals surface area contributed by atoms with Crippen LogP contribution in [0.4, 0.5) is 0 Å². The van der Waals surface area contributed by atoms with E-state index >= 15 is 0 Å². The lowest BCUT2D eigenvalue weighted by Gasteiger charge is -2.27. The standard InChI is InChI=1S/C17H13N3O2S2/c1-2-8-20-16(22)13(14(21)19-17(20)23)9-12-10-24-15(18-12)11-6-4-3-5-7-11/h2-7,9-10H,1,8H2,(H,19,21,23)/b13-9+. The normalized spacial score (nSPS) is 16.4. The van der Waals surface area contributed by atoms with Crippen molar-refractivity contribution in [2.75, 3.05) is 6.54 Å². The molecule has 3 rings (SSSR count). The van der Waals surface area contributed by atoms with Crippen LogP contribution < -0.4 is 5.32 Å². The maximum absolute atomic E-state index is 12.5. The number of hydrogen-bond acceptors (Lipinski definition) is 5. The molecule has 2 heterocycles. The zero-order chi connectivity index (χ0) is 17.1. The van der Waals surface area contributed by atoms with Crippen molar-refractivity contribution < 1.29 is 9.59 Å². The second kappa shape index (κ2) is 6.86. The van der Waals surface area contributed by atoms with Crippen molar-refractivity contribution >= 4 is 46.6 Å². The van der Waals surface area contributed by atoms with Gasteiger partial charge in [-0.15, -0.1) is 17.9 Å². The number of thiocarbonyl (C=S) groups is 1. The van der Waals surface area contributed by atoms with Gasteiger partial charge in [-0.05, 0) is 18.3 Å². The first kappa shape index (κ1) is 16.2. The van der Waals surface area contributed by atoms with E-state index in [4.69, 9.17) is 12.2 Å². The molecule has 1 aromatic carbocycles. The molecule has 1 aromatic heterocycles. The van der Waals surface area contributed by atoms with Crippen molar-refractivity contribution in [3.8, 4) is 10.6 Å². The highest BCUT2D eigenvalue weighted by Crippen LogP contribution is 2.25. The summed E-state index contributed by atoms with van der Waals surface area (Å²) in [6, 6.07) is 9.71. The van der Waals surface area contributed by atoms with Gasteiger partial charge in [0.15, 0.2) is 5.11 Å². The molecule has 0 bridgehead atoms. The molecule has 24 heavy (non-hydrogen) atoms. The van der Waals surface area contributed by atoms with Crippen LogP contribution in [-0.2, 0) is 9.59 Å². The Labute approximate surface area is 148 Å². The molecule has 2 aromatic rings. The fourth-order valence-corrected chi connectivity index (χ4v) is 3.24. The Balaban J connectivity index is 1.91. The Kier molecular flexibility index (Phi) is 4.64. The molecular weight excluding hydrogens is 342 g/mol. The number of amides is 2. The third kappa shape index (κ3) is 3.17. The van der Waals surface area contributed by atoms with Crippen LogP contribution >= 0.6 is 23.6 Å². The van der Waals surface area contributed by atoms with Crippen LogP contribution in [0.1, 0.15) is 5.69 Å². The lowest BCUT2D eigenvalue weighted by atomic mass is 10.1. The Morgan fingerprint density at radius 1 is 1.29 bits per heavy atom. The minimum atomic E-state index is -0.514. The zero-order valence-electron chi connectivity index (χ0n) is 12.6. The first-order chi connectivity index (χ1) is 11.6. The van der Waals surface area contributed by atoms with Crippen molar-refractivity contribution in [2.24, 2.45) is 0 Å². The largest absolute Gasteiger partial charge is 0.298 e. The zero-order valence-corrected chi connectivity index (χ0v) is 14.2. The average Bonchev–Trinajstić information content (AvgIpc) is 3.05. The highest BCUT2D eigenvalue weighted by molar-refractivity contribution is 7.80. The van der Waals surface area contributed by atoms with Crippen molar-refractivity contribution in [1.29, 1.82) is 0 Å². The number of nitrogens with one attached hydrogen (secondary N) is 1. The van der Waals surface area contributed by atoms with E-state index in [-0.39, 0.29) is 17.2 Å². The SMILES string of the molecule is C=CCN1C(=O)/C(=C/c2csc(-c3ccccc3)n2)C(=O)NC1=S. The van der Waals surface area contributed by atoms with E-state index in [2.05, 4.69) is 16.9 Å². The summed E-state index contributed by atoms with van der Waals surface area (Å²) in [7, 11) is 0. The number of carbonyl (C=O) groups is 2. The topological polar surface area (TPSA) is 62.3 Å². The molecule has 5 nitrogen and oxygen atoms in total. The Hall–Kier alpha value is -2.64. The van der Waals surface area contributed by atoms with E-state index in [1.54, 1.807) is 11.5 Å². The summed E-state index contributed by atoms with van der Waals surface area (Å²) < 4.78 is 0. The molecule has 0 saturated carbocycles. The number of hydrogen-bond donors (Lipinski definition) is 1.